The summed E-state index contributed by atoms with van der Waals surface area (Å²) >= 11 is 1.71. The fraction of sp³-hybridized carbons (Fsp3) is 0.0952. The lowest BCUT2D eigenvalue weighted by Crippen LogP contribution is -2.08. The zero-order valence-electron chi connectivity index (χ0n) is 14.7. The van der Waals surface area contributed by atoms with Gasteiger partial charge in [0.25, 0.3) is 0 Å². The minimum atomic E-state index is 0.297. The van der Waals surface area contributed by atoms with Crippen molar-refractivity contribution >= 4 is 23.0 Å². The van der Waals surface area contributed by atoms with Crippen molar-refractivity contribution in [3.05, 3.63) is 83.9 Å². The van der Waals surface area contributed by atoms with Gasteiger partial charge in [0.2, 0.25) is 0 Å². The van der Waals surface area contributed by atoms with Crippen molar-refractivity contribution in [3.63, 3.8) is 0 Å². The molecule has 0 aliphatic heterocycles. The van der Waals surface area contributed by atoms with Gasteiger partial charge in [-0.3, -0.25) is 15.4 Å². The highest BCUT2D eigenvalue weighted by Crippen LogP contribution is 2.25. The van der Waals surface area contributed by atoms with Gasteiger partial charge in [0, 0.05) is 34.1 Å². The predicted molar refractivity (Wildman–Crippen MR) is 109 cm³/mol. The monoisotopic (exact) mass is 360 g/mol. The van der Waals surface area contributed by atoms with Crippen molar-refractivity contribution in [2.24, 2.45) is 5.73 Å². The molecule has 5 heteroatoms. The summed E-state index contributed by atoms with van der Waals surface area (Å²) in [7, 11) is 0. The highest BCUT2D eigenvalue weighted by atomic mass is 32.2. The maximum absolute atomic E-state index is 8.52. The molecule has 0 bridgehead atoms. The highest BCUT2D eigenvalue weighted by Gasteiger charge is 2.13. The molecule has 0 spiro atoms. The Balaban J connectivity index is 1.96. The van der Waals surface area contributed by atoms with E-state index >= 15 is 0 Å². The third kappa shape index (κ3) is 3.83. The van der Waals surface area contributed by atoms with E-state index in [4.69, 9.17) is 11.1 Å². The number of nitrogens with zero attached hydrogens (tertiary/aromatic N) is 2. The molecule has 0 atom stereocenters. The Morgan fingerprint density at radius 1 is 1.12 bits per heavy atom. The second-order valence-corrected chi connectivity index (χ2v) is 6.66. The van der Waals surface area contributed by atoms with Crippen molar-refractivity contribution in [2.45, 2.75) is 11.8 Å². The summed E-state index contributed by atoms with van der Waals surface area (Å²) in [5.74, 6) is 0. The molecule has 3 aromatic rings. The first-order chi connectivity index (χ1) is 12.6. The Labute approximate surface area is 157 Å². The number of aryl methyl sites for hydroxylation is 1. The summed E-state index contributed by atoms with van der Waals surface area (Å²) in [6.07, 6.45) is 5.26. The summed E-state index contributed by atoms with van der Waals surface area (Å²) in [6, 6.07) is 17.7. The Morgan fingerprint density at radius 2 is 1.88 bits per heavy atom. The van der Waals surface area contributed by atoms with Crippen LogP contribution in [-0.2, 0) is 0 Å². The number of pyridine rings is 2. The van der Waals surface area contributed by atoms with Gasteiger partial charge in [-0.1, -0.05) is 18.2 Å². The van der Waals surface area contributed by atoms with Gasteiger partial charge in [-0.2, -0.15) is 0 Å². The van der Waals surface area contributed by atoms with Crippen LogP contribution >= 0.6 is 11.8 Å². The van der Waals surface area contributed by atoms with Gasteiger partial charge < -0.3 is 5.73 Å². The zero-order chi connectivity index (χ0) is 18.5. The number of nitrogens with one attached hydrogen (secondary N) is 1. The average Bonchev–Trinajstić information content (AvgIpc) is 2.69. The second-order valence-electron chi connectivity index (χ2n) is 5.78. The molecule has 26 heavy (non-hydrogen) atoms. The van der Waals surface area contributed by atoms with Gasteiger partial charge in [0.1, 0.15) is 0 Å². The summed E-state index contributed by atoms with van der Waals surface area (Å²) in [5.41, 5.74) is 11.0. The average molecular weight is 360 g/mol. The van der Waals surface area contributed by atoms with Crippen molar-refractivity contribution < 1.29 is 0 Å². The fourth-order valence-electron chi connectivity index (χ4n) is 2.66. The van der Waals surface area contributed by atoms with Gasteiger partial charge in [0.05, 0.1) is 17.1 Å². The van der Waals surface area contributed by atoms with Crippen LogP contribution in [0.5, 0.6) is 0 Å². The molecule has 0 fully saturated rings. The molecule has 2 heterocycles. The predicted octanol–water partition coefficient (Wildman–Crippen LogP) is 4.54. The molecule has 0 aliphatic rings. The molecule has 130 valence electrons. The number of hydrogen-bond donors (Lipinski definition) is 2. The van der Waals surface area contributed by atoms with Crippen LogP contribution in [-0.4, -0.2) is 21.9 Å². The molecular weight excluding hydrogens is 340 g/mol. The zero-order valence-corrected chi connectivity index (χ0v) is 15.5. The molecule has 0 unspecified atom stereocenters. The summed E-state index contributed by atoms with van der Waals surface area (Å²) < 4.78 is 0. The van der Waals surface area contributed by atoms with Gasteiger partial charge in [-0.25, -0.2) is 0 Å². The quantitative estimate of drug-likeness (QED) is 0.517. The summed E-state index contributed by atoms with van der Waals surface area (Å²) in [5, 5.41) is 8.52. The molecule has 3 N–H and O–H groups in total. The van der Waals surface area contributed by atoms with E-state index in [9.17, 15) is 0 Å². The summed E-state index contributed by atoms with van der Waals surface area (Å²) in [6.45, 7) is 1.91. The topological polar surface area (TPSA) is 75.7 Å². The third-order valence-electron chi connectivity index (χ3n) is 4.04. The molecule has 1 aromatic carbocycles. The smallest absolute Gasteiger partial charge is 0.0889 e. The Bertz CT molecular complexity index is 962. The standard InChI is InChI=1S/C21H20N4S/c1-14-4-3-5-19(25-14)21(23)18(13-22)16-10-11-24-20(12-16)15-6-8-17(26-2)9-7-15/h3-13,23H,22H2,1-2H3/b18-13-,23-21?. The van der Waals surface area contributed by atoms with E-state index in [1.165, 1.54) is 11.1 Å². The van der Waals surface area contributed by atoms with Crippen LogP contribution in [0, 0.1) is 12.3 Å². The molecule has 2 aromatic heterocycles. The van der Waals surface area contributed by atoms with E-state index in [2.05, 4.69) is 40.5 Å². The van der Waals surface area contributed by atoms with E-state index in [0.29, 0.717) is 17.0 Å². The van der Waals surface area contributed by atoms with Crippen LogP contribution in [0.2, 0.25) is 0 Å². The number of benzene rings is 1. The lowest BCUT2D eigenvalue weighted by molar-refractivity contribution is 1.17. The first-order valence-electron chi connectivity index (χ1n) is 8.18. The van der Waals surface area contributed by atoms with E-state index in [0.717, 1.165) is 22.5 Å². The van der Waals surface area contributed by atoms with Crippen LogP contribution in [0.3, 0.4) is 0 Å². The van der Waals surface area contributed by atoms with Gasteiger partial charge in [-0.15, -0.1) is 11.8 Å². The van der Waals surface area contributed by atoms with Crippen molar-refractivity contribution in [1.82, 2.24) is 9.97 Å². The van der Waals surface area contributed by atoms with Crippen LogP contribution in [0.15, 0.2) is 71.9 Å². The molecule has 0 saturated heterocycles. The molecule has 0 saturated carbocycles. The molecular formula is C21H20N4S. The van der Waals surface area contributed by atoms with Gasteiger partial charge in [0.15, 0.2) is 0 Å². The number of allylic oxidation sites excluding steroid dienone is 1. The summed E-state index contributed by atoms with van der Waals surface area (Å²) in [4.78, 5) is 10.1. The largest absolute Gasteiger partial charge is 0.404 e. The van der Waals surface area contributed by atoms with Crippen molar-refractivity contribution in [3.8, 4) is 11.3 Å². The van der Waals surface area contributed by atoms with Gasteiger partial charge >= 0.3 is 0 Å². The van der Waals surface area contributed by atoms with Crippen molar-refractivity contribution in [2.75, 3.05) is 6.26 Å². The fourth-order valence-corrected chi connectivity index (χ4v) is 3.07. The first-order valence-corrected chi connectivity index (χ1v) is 9.40. The van der Waals surface area contributed by atoms with E-state index in [-0.39, 0.29) is 0 Å². The van der Waals surface area contributed by atoms with E-state index in [1.807, 2.05) is 37.3 Å². The second kappa shape index (κ2) is 7.97. The van der Waals surface area contributed by atoms with Crippen molar-refractivity contribution in [1.29, 1.82) is 5.41 Å². The maximum atomic E-state index is 8.52. The van der Waals surface area contributed by atoms with Gasteiger partial charge in [-0.05, 0) is 55.1 Å². The number of nitrogens with two attached hydrogens (primary N) is 1. The molecule has 0 aliphatic carbocycles. The number of thioether (sulfide) groups is 1. The first kappa shape index (κ1) is 17.9. The normalized spacial score (nSPS) is 11.4. The number of hydrogen-bond acceptors (Lipinski definition) is 5. The molecule has 3 rings (SSSR count). The number of aromatic nitrogens is 2. The van der Waals surface area contributed by atoms with E-state index in [1.54, 1.807) is 18.0 Å². The lowest BCUT2D eigenvalue weighted by atomic mass is 9.98. The highest BCUT2D eigenvalue weighted by molar-refractivity contribution is 7.98. The lowest BCUT2D eigenvalue weighted by Gasteiger charge is -2.11. The maximum Gasteiger partial charge on any atom is 0.0889 e. The molecule has 0 amide bonds. The number of rotatable bonds is 5. The van der Waals surface area contributed by atoms with Crippen LogP contribution in [0.1, 0.15) is 17.0 Å². The van der Waals surface area contributed by atoms with Crippen LogP contribution in [0.25, 0.3) is 16.8 Å². The Kier molecular flexibility index (Phi) is 5.49. The molecule has 4 nitrogen and oxygen atoms in total. The van der Waals surface area contributed by atoms with Crippen LogP contribution < -0.4 is 5.73 Å². The third-order valence-corrected chi connectivity index (χ3v) is 4.78. The van der Waals surface area contributed by atoms with E-state index < -0.39 is 0 Å². The Hall–Kier alpha value is -2.92. The molecule has 0 radical (unpaired) electrons. The van der Waals surface area contributed by atoms with Crippen LogP contribution in [0.4, 0.5) is 0 Å². The minimum Gasteiger partial charge on any atom is -0.404 e. The minimum absolute atomic E-state index is 0.297. The Morgan fingerprint density at radius 3 is 2.54 bits per heavy atom. The SMILES string of the molecule is CSc1ccc(-c2cc(/C(=C/N)C(=N)c3cccc(C)n3)ccn2)cc1.